The number of ether oxygens (including phenoxy) is 1. The third-order valence-corrected chi connectivity index (χ3v) is 4.01. The summed E-state index contributed by atoms with van der Waals surface area (Å²) in [5, 5.41) is 5.52. The largest absolute Gasteiger partial charge is 0.494 e. The zero-order chi connectivity index (χ0) is 13.7. The van der Waals surface area contributed by atoms with Crippen LogP contribution in [0.2, 0.25) is 0 Å². The fourth-order valence-corrected chi connectivity index (χ4v) is 2.64. The molecule has 0 aliphatic carbocycles. The van der Waals surface area contributed by atoms with Crippen LogP contribution >= 0.6 is 11.3 Å². The second-order valence-electron chi connectivity index (χ2n) is 4.40. The summed E-state index contributed by atoms with van der Waals surface area (Å²) in [4.78, 5) is 1.37. The fraction of sp³-hybridized carbons (Fsp3) is 0.333. The number of methoxy groups -OCH3 is 1. The molecule has 0 radical (unpaired) electrons. The molecule has 0 aliphatic rings. The number of rotatable bonds is 6. The van der Waals surface area contributed by atoms with Gasteiger partial charge in [0.25, 0.3) is 0 Å². The Bertz CT molecular complexity index is 513. The van der Waals surface area contributed by atoms with Gasteiger partial charge in [0.15, 0.2) is 11.6 Å². The van der Waals surface area contributed by atoms with Crippen molar-refractivity contribution in [2.45, 2.75) is 19.4 Å². The number of hydrogen-bond donors (Lipinski definition) is 1. The van der Waals surface area contributed by atoms with E-state index in [1.54, 1.807) is 23.5 Å². The lowest BCUT2D eigenvalue weighted by Crippen LogP contribution is -2.21. The van der Waals surface area contributed by atoms with Gasteiger partial charge in [0.2, 0.25) is 0 Å². The monoisotopic (exact) mass is 279 g/mol. The van der Waals surface area contributed by atoms with Crippen LogP contribution < -0.4 is 10.1 Å². The Morgan fingerprint density at radius 1 is 1.37 bits per heavy atom. The van der Waals surface area contributed by atoms with Crippen LogP contribution in [-0.4, -0.2) is 13.7 Å². The lowest BCUT2D eigenvalue weighted by Gasteiger charge is -2.15. The molecule has 1 atom stereocenters. The summed E-state index contributed by atoms with van der Waals surface area (Å²) in [6.07, 6.45) is 1.01. The number of nitrogens with one attached hydrogen (secondary N) is 1. The minimum Gasteiger partial charge on any atom is -0.494 e. The van der Waals surface area contributed by atoms with Crippen LogP contribution in [0.1, 0.15) is 23.4 Å². The summed E-state index contributed by atoms with van der Waals surface area (Å²) in [5.41, 5.74) is 1.03. The van der Waals surface area contributed by atoms with Crippen molar-refractivity contribution < 1.29 is 9.13 Å². The highest BCUT2D eigenvalue weighted by atomic mass is 32.1. The van der Waals surface area contributed by atoms with Crippen molar-refractivity contribution in [3.63, 3.8) is 0 Å². The lowest BCUT2D eigenvalue weighted by atomic mass is 10.1. The van der Waals surface area contributed by atoms with E-state index in [-0.39, 0.29) is 11.9 Å². The zero-order valence-corrected chi connectivity index (χ0v) is 12.0. The van der Waals surface area contributed by atoms with Gasteiger partial charge >= 0.3 is 0 Å². The van der Waals surface area contributed by atoms with Crippen molar-refractivity contribution in [2.75, 3.05) is 13.7 Å². The van der Waals surface area contributed by atoms with Crippen LogP contribution in [-0.2, 0) is 6.42 Å². The molecule has 2 aromatic rings. The predicted octanol–water partition coefficient (Wildman–Crippen LogP) is 3.79. The fourth-order valence-electron chi connectivity index (χ4n) is 1.93. The summed E-state index contributed by atoms with van der Waals surface area (Å²) in [5.74, 6) is -0.0264. The van der Waals surface area contributed by atoms with Crippen molar-refractivity contribution in [3.05, 3.63) is 52.0 Å². The van der Waals surface area contributed by atoms with Crippen molar-refractivity contribution >= 4 is 11.3 Å². The topological polar surface area (TPSA) is 21.3 Å². The smallest absolute Gasteiger partial charge is 0.165 e. The second-order valence-corrected chi connectivity index (χ2v) is 5.43. The molecule has 1 N–H and O–H groups in total. The normalized spacial score (nSPS) is 12.4. The van der Waals surface area contributed by atoms with E-state index < -0.39 is 0 Å². The first kappa shape index (κ1) is 14.0. The molecular formula is C15H18FNOS. The standard InChI is InChI=1S/C15H18FNOS/c1-11(17-8-7-13-4-3-9-19-13)12-5-6-14(16)15(10-12)18-2/h3-6,9-11,17H,7-8H2,1-2H3. The first-order valence-corrected chi connectivity index (χ1v) is 7.18. The molecule has 102 valence electrons. The van der Waals surface area contributed by atoms with Crippen LogP contribution in [0.4, 0.5) is 4.39 Å². The quantitative estimate of drug-likeness (QED) is 0.868. The SMILES string of the molecule is COc1cc(C(C)NCCc2cccs2)ccc1F. The Hall–Kier alpha value is -1.39. The maximum atomic E-state index is 13.3. The minimum absolute atomic E-state index is 0.175. The number of halogens is 1. The first-order valence-electron chi connectivity index (χ1n) is 6.30. The molecule has 1 aromatic heterocycles. The number of thiophene rings is 1. The summed E-state index contributed by atoms with van der Waals surface area (Å²) in [6.45, 7) is 2.97. The van der Waals surface area contributed by atoms with E-state index >= 15 is 0 Å². The summed E-state index contributed by atoms with van der Waals surface area (Å²) >= 11 is 1.77. The van der Waals surface area contributed by atoms with Crippen LogP contribution in [0, 0.1) is 5.82 Å². The molecular weight excluding hydrogens is 261 g/mol. The third-order valence-electron chi connectivity index (χ3n) is 3.08. The van der Waals surface area contributed by atoms with Crippen LogP contribution in [0.15, 0.2) is 35.7 Å². The van der Waals surface area contributed by atoms with Crippen molar-refractivity contribution in [3.8, 4) is 5.75 Å². The van der Waals surface area contributed by atoms with Gasteiger partial charge in [-0.25, -0.2) is 4.39 Å². The van der Waals surface area contributed by atoms with Crippen molar-refractivity contribution in [2.24, 2.45) is 0 Å². The van der Waals surface area contributed by atoms with Crippen LogP contribution in [0.3, 0.4) is 0 Å². The van der Waals surface area contributed by atoms with Crippen LogP contribution in [0.5, 0.6) is 5.75 Å². The van der Waals surface area contributed by atoms with Gasteiger partial charge in [-0.1, -0.05) is 12.1 Å². The minimum atomic E-state index is -0.322. The molecule has 0 fully saturated rings. The van der Waals surface area contributed by atoms with Gasteiger partial charge in [-0.15, -0.1) is 11.3 Å². The summed E-state index contributed by atoms with van der Waals surface area (Å²) in [7, 11) is 1.48. The van der Waals surface area contributed by atoms with Crippen LogP contribution in [0.25, 0.3) is 0 Å². The molecule has 0 spiro atoms. The summed E-state index contributed by atoms with van der Waals surface area (Å²) in [6, 6.07) is 9.37. The van der Waals surface area contributed by atoms with E-state index in [9.17, 15) is 4.39 Å². The molecule has 0 amide bonds. The molecule has 0 aliphatic heterocycles. The van der Waals surface area contributed by atoms with E-state index in [1.807, 2.05) is 0 Å². The van der Waals surface area contributed by atoms with Gasteiger partial charge in [0, 0.05) is 17.5 Å². The molecule has 19 heavy (non-hydrogen) atoms. The maximum Gasteiger partial charge on any atom is 0.165 e. The Morgan fingerprint density at radius 2 is 2.21 bits per heavy atom. The Morgan fingerprint density at radius 3 is 2.89 bits per heavy atom. The predicted molar refractivity (Wildman–Crippen MR) is 77.4 cm³/mol. The zero-order valence-electron chi connectivity index (χ0n) is 11.2. The first-order chi connectivity index (χ1) is 9.20. The van der Waals surface area contributed by atoms with Gasteiger partial charge in [-0.05, 0) is 42.5 Å². The summed E-state index contributed by atoms with van der Waals surface area (Å²) < 4.78 is 18.3. The van der Waals surface area contributed by atoms with E-state index in [1.165, 1.54) is 18.1 Å². The van der Waals surface area contributed by atoms with Gasteiger partial charge < -0.3 is 10.1 Å². The van der Waals surface area contributed by atoms with E-state index in [2.05, 4.69) is 29.8 Å². The molecule has 0 bridgehead atoms. The lowest BCUT2D eigenvalue weighted by molar-refractivity contribution is 0.385. The van der Waals surface area contributed by atoms with E-state index in [4.69, 9.17) is 4.74 Å². The molecule has 1 aromatic carbocycles. The molecule has 0 saturated carbocycles. The van der Waals surface area contributed by atoms with Gasteiger partial charge in [-0.2, -0.15) is 0 Å². The van der Waals surface area contributed by atoms with E-state index in [0.29, 0.717) is 5.75 Å². The molecule has 1 heterocycles. The molecule has 4 heteroatoms. The van der Waals surface area contributed by atoms with Gasteiger partial charge in [0.05, 0.1) is 7.11 Å². The highest BCUT2D eigenvalue weighted by Crippen LogP contribution is 2.22. The van der Waals surface area contributed by atoms with Gasteiger partial charge in [-0.3, -0.25) is 0 Å². The van der Waals surface area contributed by atoms with E-state index in [0.717, 1.165) is 18.5 Å². The Kier molecular flexibility index (Phi) is 4.93. The highest BCUT2D eigenvalue weighted by Gasteiger charge is 2.09. The maximum absolute atomic E-state index is 13.3. The second kappa shape index (κ2) is 6.68. The number of hydrogen-bond acceptors (Lipinski definition) is 3. The molecule has 1 unspecified atom stereocenters. The molecule has 0 saturated heterocycles. The number of benzene rings is 1. The average Bonchev–Trinajstić information content (AvgIpc) is 2.92. The average molecular weight is 279 g/mol. The third kappa shape index (κ3) is 3.78. The Balaban J connectivity index is 1.90. The molecule has 2 rings (SSSR count). The highest BCUT2D eigenvalue weighted by molar-refractivity contribution is 7.09. The Labute approximate surface area is 117 Å². The molecule has 2 nitrogen and oxygen atoms in total. The van der Waals surface area contributed by atoms with Crippen molar-refractivity contribution in [1.82, 2.24) is 5.32 Å². The van der Waals surface area contributed by atoms with Crippen molar-refractivity contribution in [1.29, 1.82) is 0 Å². The van der Waals surface area contributed by atoms with Gasteiger partial charge in [0.1, 0.15) is 0 Å².